The van der Waals surface area contributed by atoms with Gasteiger partial charge in [-0.25, -0.2) is 8.42 Å². The average Bonchev–Trinajstić information content (AvgIpc) is 2.46. The fraction of sp³-hybridized carbons (Fsp3) is 0.625. The van der Waals surface area contributed by atoms with Gasteiger partial charge in [0, 0.05) is 32.4 Å². The molecule has 1 aliphatic rings. The zero-order chi connectivity index (χ0) is 17.0. The van der Waals surface area contributed by atoms with Gasteiger partial charge in [-0.2, -0.15) is 0 Å². The first-order chi connectivity index (χ1) is 10.8. The maximum Gasteiger partial charge on any atom is 0.175 e. The number of aliphatic hydroxyl groups excluding tert-OH is 1. The smallest absolute Gasteiger partial charge is 0.175 e. The number of benzene rings is 1. The minimum Gasteiger partial charge on any atom is -0.387 e. The molecule has 1 aromatic rings. The lowest BCUT2D eigenvalue weighted by Crippen LogP contribution is -2.47. The van der Waals surface area contributed by atoms with Crippen molar-refractivity contribution >= 4 is 9.84 Å². The summed E-state index contributed by atoms with van der Waals surface area (Å²) in [6.45, 7) is 3.62. The molecule has 2 atom stereocenters. The van der Waals surface area contributed by atoms with E-state index in [0.717, 1.165) is 25.2 Å². The summed E-state index contributed by atoms with van der Waals surface area (Å²) in [5, 5.41) is 10.4. The number of β-amino-alcohol motifs (C(OH)–C–C–N with tert-alkyl or cyclic N) is 1. The van der Waals surface area contributed by atoms with Gasteiger partial charge >= 0.3 is 0 Å². The first-order valence-electron chi connectivity index (χ1n) is 7.72. The average molecular weight is 342 g/mol. The molecule has 2 rings (SSSR count). The van der Waals surface area contributed by atoms with E-state index in [0.29, 0.717) is 13.2 Å². The zero-order valence-electron chi connectivity index (χ0n) is 14.0. The van der Waals surface area contributed by atoms with Crippen LogP contribution in [0, 0.1) is 0 Å². The van der Waals surface area contributed by atoms with Crippen molar-refractivity contribution in [3.63, 3.8) is 0 Å². The van der Waals surface area contributed by atoms with Crippen molar-refractivity contribution < 1.29 is 18.3 Å². The topological polar surface area (TPSA) is 70.1 Å². The van der Waals surface area contributed by atoms with Gasteiger partial charge in [0.1, 0.15) is 0 Å². The van der Waals surface area contributed by atoms with Crippen molar-refractivity contribution in [2.75, 3.05) is 53.1 Å². The fourth-order valence-electron chi connectivity index (χ4n) is 2.75. The number of rotatable bonds is 6. The number of morpholine rings is 1. The van der Waals surface area contributed by atoms with Crippen LogP contribution in [-0.2, 0) is 14.6 Å². The summed E-state index contributed by atoms with van der Waals surface area (Å²) in [6, 6.07) is 6.45. The number of hydrogen-bond acceptors (Lipinski definition) is 6. The summed E-state index contributed by atoms with van der Waals surface area (Å²) in [5.41, 5.74) is 0.730. The van der Waals surface area contributed by atoms with Crippen LogP contribution in [0.25, 0.3) is 0 Å². The third-order valence-corrected chi connectivity index (χ3v) is 5.04. The summed E-state index contributed by atoms with van der Waals surface area (Å²) >= 11 is 0. The van der Waals surface area contributed by atoms with Crippen LogP contribution in [0.15, 0.2) is 29.2 Å². The molecule has 0 amide bonds. The van der Waals surface area contributed by atoms with Gasteiger partial charge in [-0.15, -0.1) is 0 Å². The summed E-state index contributed by atoms with van der Waals surface area (Å²) in [7, 11) is 0.824. The molecule has 6 nitrogen and oxygen atoms in total. The quantitative estimate of drug-likeness (QED) is 0.806. The van der Waals surface area contributed by atoms with Crippen molar-refractivity contribution in [3.8, 4) is 0 Å². The highest BCUT2D eigenvalue weighted by Gasteiger charge is 2.23. The van der Waals surface area contributed by atoms with E-state index >= 15 is 0 Å². The number of hydrogen-bond donors (Lipinski definition) is 1. The van der Waals surface area contributed by atoms with Crippen LogP contribution >= 0.6 is 0 Å². The molecule has 0 spiro atoms. The molecule has 0 unspecified atom stereocenters. The Morgan fingerprint density at radius 3 is 2.57 bits per heavy atom. The van der Waals surface area contributed by atoms with E-state index in [1.807, 2.05) is 14.1 Å². The highest BCUT2D eigenvalue weighted by molar-refractivity contribution is 7.90. The molecule has 1 aromatic carbocycles. The third kappa shape index (κ3) is 5.54. The van der Waals surface area contributed by atoms with Crippen molar-refractivity contribution in [1.82, 2.24) is 9.80 Å². The molecule has 1 heterocycles. The highest BCUT2D eigenvalue weighted by atomic mass is 32.2. The van der Waals surface area contributed by atoms with Crippen LogP contribution < -0.4 is 0 Å². The van der Waals surface area contributed by atoms with Gasteiger partial charge in [-0.05, 0) is 31.8 Å². The number of likely N-dealkylation sites (N-methyl/N-ethyl adjacent to an activating group) is 1. The van der Waals surface area contributed by atoms with E-state index in [2.05, 4.69) is 9.80 Å². The molecule has 0 saturated carbocycles. The molecule has 0 radical (unpaired) electrons. The highest BCUT2D eigenvalue weighted by Crippen LogP contribution is 2.19. The standard InChI is InChI=1S/C16H26N2O4S/c1-17(2)10-14-11-18(8-9-22-14)12-16(19)13-4-6-15(7-5-13)23(3,20)21/h4-7,14,16,19H,8-12H2,1-3H3/t14-,16+/m0/s1. The lowest BCUT2D eigenvalue weighted by molar-refractivity contribution is -0.0489. The second kappa shape index (κ2) is 7.72. The van der Waals surface area contributed by atoms with Crippen LogP contribution in [0.3, 0.4) is 0 Å². The Balaban J connectivity index is 1.94. The van der Waals surface area contributed by atoms with Gasteiger partial charge < -0.3 is 14.7 Å². The molecule has 1 saturated heterocycles. The summed E-state index contributed by atoms with van der Waals surface area (Å²) < 4.78 is 28.7. The van der Waals surface area contributed by atoms with E-state index in [1.165, 1.54) is 6.26 Å². The molecule has 1 N–H and O–H groups in total. The van der Waals surface area contributed by atoms with E-state index in [4.69, 9.17) is 4.74 Å². The minimum atomic E-state index is -3.20. The van der Waals surface area contributed by atoms with Crippen molar-refractivity contribution in [1.29, 1.82) is 0 Å². The molecule has 1 fully saturated rings. The van der Waals surface area contributed by atoms with E-state index in [9.17, 15) is 13.5 Å². The number of aliphatic hydroxyl groups is 1. The van der Waals surface area contributed by atoms with Crippen LogP contribution in [0.2, 0.25) is 0 Å². The van der Waals surface area contributed by atoms with Crippen LogP contribution in [0.5, 0.6) is 0 Å². The lowest BCUT2D eigenvalue weighted by atomic mass is 10.1. The first-order valence-corrected chi connectivity index (χ1v) is 9.61. The van der Waals surface area contributed by atoms with E-state index in [1.54, 1.807) is 24.3 Å². The zero-order valence-corrected chi connectivity index (χ0v) is 14.8. The Labute approximate surface area is 138 Å². The van der Waals surface area contributed by atoms with Crippen molar-refractivity contribution in [2.24, 2.45) is 0 Å². The fourth-order valence-corrected chi connectivity index (χ4v) is 3.38. The van der Waals surface area contributed by atoms with Gasteiger partial charge in [-0.1, -0.05) is 12.1 Å². The maximum atomic E-state index is 11.5. The normalized spacial score (nSPS) is 21.5. The van der Waals surface area contributed by atoms with Crippen LogP contribution in [0.4, 0.5) is 0 Å². The lowest BCUT2D eigenvalue weighted by Gasteiger charge is -2.35. The Kier molecular flexibility index (Phi) is 6.16. The number of sulfone groups is 1. The number of ether oxygens (including phenoxy) is 1. The molecule has 1 aliphatic heterocycles. The molecular weight excluding hydrogens is 316 g/mol. The molecule has 7 heteroatoms. The van der Waals surface area contributed by atoms with Gasteiger partial charge in [0.25, 0.3) is 0 Å². The first kappa shape index (κ1) is 18.4. The maximum absolute atomic E-state index is 11.5. The third-order valence-electron chi connectivity index (χ3n) is 3.92. The monoisotopic (exact) mass is 342 g/mol. The summed E-state index contributed by atoms with van der Waals surface area (Å²) in [6.07, 6.45) is 0.692. The molecule has 0 bridgehead atoms. The summed E-state index contributed by atoms with van der Waals surface area (Å²) in [5.74, 6) is 0. The van der Waals surface area contributed by atoms with E-state index < -0.39 is 15.9 Å². The molecule has 130 valence electrons. The Morgan fingerprint density at radius 2 is 2.00 bits per heavy atom. The second-order valence-electron chi connectivity index (χ2n) is 6.37. The Hall–Kier alpha value is -0.990. The largest absolute Gasteiger partial charge is 0.387 e. The number of nitrogens with zero attached hydrogens (tertiary/aromatic N) is 2. The minimum absolute atomic E-state index is 0.151. The van der Waals surface area contributed by atoms with Gasteiger partial charge in [0.15, 0.2) is 9.84 Å². The van der Waals surface area contributed by atoms with E-state index in [-0.39, 0.29) is 11.0 Å². The second-order valence-corrected chi connectivity index (χ2v) is 8.39. The van der Waals surface area contributed by atoms with Gasteiger partial charge in [0.2, 0.25) is 0 Å². The van der Waals surface area contributed by atoms with Crippen LogP contribution in [-0.4, -0.2) is 82.6 Å². The van der Waals surface area contributed by atoms with Crippen LogP contribution in [0.1, 0.15) is 11.7 Å². The predicted octanol–water partition coefficient (Wildman–Crippen LogP) is 0.386. The molecule has 0 aromatic heterocycles. The SMILES string of the molecule is CN(C)C[C@H]1CN(C[C@@H](O)c2ccc(S(C)(=O)=O)cc2)CCO1. The molecule has 0 aliphatic carbocycles. The Bertz CT molecular complexity index is 601. The van der Waals surface area contributed by atoms with Crippen molar-refractivity contribution in [2.45, 2.75) is 17.1 Å². The molecular formula is C16H26N2O4S. The molecule has 23 heavy (non-hydrogen) atoms. The van der Waals surface area contributed by atoms with Gasteiger partial charge in [0.05, 0.1) is 23.7 Å². The van der Waals surface area contributed by atoms with Crippen molar-refractivity contribution in [3.05, 3.63) is 29.8 Å². The summed E-state index contributed by atoms with van der Waals surface area (Å²) in [4.78, 5) is 4.55. The van der Waals surface area contributed by atoms with Gasteiger partial charge in [-0.3, -0.25) is 4.90 Å². The predicted molar refractivity (Wildman–Crippen MR) is 89.2 cm³/mol. The Morgan fingerprint density at radius 1 is 1.35 bits per heavy atom.